The van der Waals surface area contributed by atoms with Crippen LogP contribution in [0, 0.1) is 10.1 Å². The fourth-order valence-corrected chi connectivity index (χ4v) is 3.10. The zero-order valence-electron chi connectivity index (χ0n) is 14.4. The number of hydrogen-bond donors (Lipinski definition) is 1. The lowest BCUT2D eigenvalue weighted by atomic mass is 10.2. The monoisotopic (exact) mass is 433 g/mol. The summed E-state index contributed by atoms with van der Waals surface area (Å²) in [7, 11) is 0. The van der Waals surface area contributed by atoms with Gasteiger partial charge in [0, 0.05) is 29.1 Å². The summed E-state index contributed by atoms with van der Waals surface area (Å²) in [5.74, 6) is 0.248. The van der Waals surface area contributed by atoms with Gasteiger partial charge in [0.25, 0.3) is 0 Å². The molecule has 2 aromatic heterocycles. The molecule has 0 aliphatic carbocycles. The molecule has 9 nitrogen and oxygen atoms in total. The third kappa shape index (κ3) is 3.81. The van der Waals surface area contributed by atoms with Gasteiger partial charge >= 0.3 is 11.6 Å². The van der Waals surface area contributed by atoms with Crippen molar-refractivity contribution in [2.45, 2.75) is 6.92 Å². The maximum atomic E-state index is 11.7. The Labute approximate surface area is 162 Å². The van der Waals surface area contributed by atoms with Crippen LogP contribution < -0.4 is 9.64 Å². The summed E-state index contributed by atoms with van der Waals surface area (Å²) >= 11 is 3.45. The second-order valence-corrected chi connectivity index (χ2v) is 6.31. The van der Waals surface area contributed by atoms with Gasteiger partial charge in [0.1, 0.15) is 11.8 Å². The Kier molecular flexibility index (Phi) is 5.77. The summed E-state index contributed by atoms with van der Waals surface area (Å²) in [5, 5.41) is 21.7. The molecule has 0 radical (unpaired) electrons. The average Bonchev–Trinajstić information content (AvgIpc) is 2.68. The Balaban J connectivity index is 2.11. The Morgan fingerprint density at radius 1 is 1.30 bits per heavy atom. The van der Waals surface area contributed by atoms with E-state index >= 15 is 0 Å². The molecule has 1 N–H and O–H groups in total. The predicted octanol–water partition coefficient (Wildman–Crippen LogP) is 3.31. The molecule has 0 fully saturated rings. The SMILES string of the molecule is CCN(CCO)c1ncnc(Oc2ccc(Br)c3cccnc23)c1[N+](=O)[O-]. The van der Waals surface area contributed by atoms with Crippen molar-refractivity contribution >= 4 is 38.3 Å². The van der Waals surface area contributed by atoms with Crippen molar-refractivity contribution in [2.24, 2.45) is 0 Å². The highest BCUT2D eigenvalue weighted by molar-refractivity contribution is 9.10. The third-order valence-corrected chi connectivity index (χ3v) is 4.58. The number of rotatable bonds is 7. The Morgan fingerprint density at radius 2 is 2.11 bits per heavy atom. The first kappa shape index (κ1) is 18.9. The van der Waals surface area contributed by atoms with E-state index in [4.69, 9.17) is 4.74 Å². The molecule has 3 rings (SSSR count). The number of fused-ring (bicyclic) bond motifs is 1. The van der Waals surface area contributed by atoms with Crippen molar-refractivity contribution in [3.05, 3.63) is 51.4 Å². The number of aliphatic hydroxyl groups excluding tert-OH is 1. The van der Waals surface area contributed by atoms with Crippen LogP contribution in [0.3, 0.4) is 0 Å². The van der Waals surface area contributed by atoms with Crippen LogP contribution in [-0.2, 0) is 0 Å². The van der Waals surface area contributed by atoms with Crippen LogP contribution in [0.1, 0.15) is 6.92 Å². The fourth-order valence-electron chi connectivity index (χ4n) is 2.65. The highest BCUT2D eigenvalue weighted by atomic mass is 79.9. The summed E-state index contributed by atoms with van der Waals surface area (Å²) < 4.78 is 6.62. The van der Waals surface area contributed by atoms with E-state index in [9.17, 15) is 15.2 Å². The quantitative estimate of drug-likeness (QED) is 0.445. The van der Waals surface area contributed by atoms with Crippen LogP contribution in [0.4, 0.5) is 11.5 Å². The standard InChI is InChI=1S/C17H16BrN5O4/c1-2-22(8-9-24)16-15(23(25)26)17(21-10-20-16)27-13-6-5-12(18)11-4-3-7-19-14(11)13/h3-7,10,24H,2,8-9H2,1H3. The minimum Gasteiger partial charge on any atom is -0.431 e. The topological polar surface area (TPSA) is 115 Å². The summed E-state index contributed by atoms with van der Waals surface area (Å²) in [6.07, 6.45) is 2.81. The van der Waals surface area contributed by atoms with Gasteiger partial charge in [0.2, 0.25) is 5.82 Å². The van der Waals surface area contributed by atoms with Crippen LogP contribution in [0.25, 0.3) is 10.9 Å². The lowest BCUT2D eigenvalue weighted by Crippen LogP contribution is -2.28. The molecule has 0 saturated carbocycles. The largest absolute Gasteiger partial charge is 0.431 e. The number of nitrogens with zero attached hydrogens (tertiary/aromatic N) is 5. The van der Waals surface area contributed by atoms with E-state index < -0.39 is 4.92 Å². The lowest BCUT2D eigenvalue weighted by molar-refractivity contribution is -0.385. The van der Waals surface area contributed by atoms with Gasteiger partial charge in [-0.15, -0.1) is 0 Å². The highest BCUT2D eigenvalue weighted by Gasteiger charge is 2.28. The summed E-state index contributed by atoms with van der Waals surface area (Å²) in [6.45, 7) is 2.29. The van der Waals surface area contributed by atoms with Crippen LogP contribution in [0.2, 0.25) is 0 Å². The van der Waals surface area contributed by atoms with Gasteiger partial charge in [-0.05, 0) is 25.1 Å². The van der Waals surface area contributed by atoms with E-state index in [1.54, 1.807) is 29.3 Å². The smallest absolute Gasteiger partial charge is 0.373 e. The number of benzene rings is 1. The van der Waals surface area contributed by atoms with Crippen molar-refractivity contribution in [1.82, 2.24) is 15.0 Å². The average molecular weight is 434 g/mol. The number of likely N-dealkylation sites (N-methyl/N-ethyl adjacent to an activating group) is 1. The van der Waals surface area contributed by atoms with Gasteiger partial charge in [0.05, 0.1) is 11.5 Å². The van der Waals surface area contributed by atoms with Crippen molar-refractivity contribution in [3.8, 4) is 11.6 Å². The Bertz CT molecular complexity index is 985. The predicted molar refractivity (Wildman–Crippen MR) is 103 cm³/mol. The van der Waals surface area contributed by atoms with Crippen LogP contribution >= 0.6 is 15.9 Å². The summed E-state index contributed by atoms with van der Waals surface area (Å²) in [4.78, 5) is 25.0. The van der Waals surface area contributed by atoms with Gasteiger partial charge in [0.15, 0.2) is 5.75 Å². The fraction of sp³-hybridized carbons (Fsp3) is 0.235. The molecule has 10 heteroatoms. The molecule has 1 aromatic carbocycles. The molecule has 27 heavy (non-hydrogen) atoms. The molecular formula is C17H16BrN5O4. The van der Waals surface area contributed by atoms with Gasteiger partial charge in [-0.1, -0.05) is 22.0 Å². The molecule has 0 unspecified atom stereocenters. The second kappa shape index (κ2) is 8.23. The minimum atomic E-state index is -0.584. The van der Waals surface area contributed by atoms with Crippen molar-refractivity contribution in [3.63, 3.8) is 0 Å². The summed E-state index contributed by atoms with van der Waals surface area (Å²) in [6, 6.07) is 7.09. The van der Waals surface area contributed by atoms with Crippen LogP contribution in [0.5, 0.6) is 11.6 Å². The first-order valence-corrected chi connectivity index (χ1v) is 8.92. The van der Waals surface area contributed by atoms with Crippen LogP contribution in [-0.4, -0.2) is 44.7 Å². The van der Waals surface area contributed by atoms with E-state index in [0.29, 0.717) is 17.8 Å². The second-order valence-electron chi connectivity index (χ2n) is 5.46. The highest BCUT2D eigenvalue weighted by Crippen LogP contribution is 2.38. The number of anilines is 1. The number of aliphatic hydroxyl groups is 1. The molecule has 0 saturated heterocycles. The van der Waals surface area contributed by atoms with Crippen LogP contribution in [0.15, 0.2) is 41.3 Å². The van der Waals surface area contributed by atoms with E-state index in [1.165, 1.54) is 6.33 Å². The first-order valence-electron chi connectivity index (χ1n) is 8.13. The maximum Gasteiger partial charge on any atom is 0.373 e. The Morgan fingerprint density at radius 3 is 2.81 bits per heavy atom. The van der Waals surface area contributed by atoms with Gasteiger partial charge in [-0.3, -0.25) is 15.1 Å². The molecule has 0 atom stereocenters. The van der Waals surface area contributed by atoms with E-state index in [2.05, 4.69) is 30.9 Å². The number of aromatic nitrogens is 3. The van der Waals surface area contributed by atoms with Crippen molar-refractivity contribution in [2.75, 3.05) is 24.6 Å². The summed E-state index contributed by atoms with van der Waals surface area (Å²) in [5.41, 5.74) is 0.184. The molecule has 0 amide bonds. The number of nitro groups is 1. The Hall–Kier alpha value is -2.85. The zero-order chi connectivity index (χ0) is 19.4. The number of halogens is 1. The number of pyridine rings is 1. The number of ether oxygens (including phenoxy) is 1. The van der Waals surface area contributed by atoms with Crippen molar-refractivity contribution < 1.29 is 14.8 Å². The van der Waals surface area contributed by atoms with Gasteiger partial charge in [-0.25, -0.2) is 4.98 Å². The molecule has 0 spiro atoms. The molecular weight excluding hydrogens is 418 g/mol. The third-order valence-electron chi connectivity index (χ3n) is 3.89. The van der Waals surface area contributed by atoms with E-state index in [1.807, 2.05) is 13.0 Å². The number of hydrogen-bond acceptors (Lipinski definition) is 8. The van der Waals surface area contributed by atoms with E-state index in [0.717, 1.165) is 9.86 Å². The molecule has 3 aromatic rings. The molecule has 0 bridgehead atoms. The zero-order valence-corrected chi connectivity index (χ0v) is 16.0. The van der Waals surface area contributed by atoms with E-state index in [-0.39, 0.29) is 30.5 Å². The maximum absolute atomic E-state index is 11.7. The van der Waals surface area contributed by atoms with Gasteiger partial charge in [-0.2, -0.15) is 4.98 Å². The normalized spacial score (nSPS) is 10.8. The molecule has 140 valence electrons. The van der Waals surface area contributed by atoms with Gasteiger partial charge < -0.3 is 14.7 Å². The first-order chi connectivity index (χ1) is 13.1. The molecule has 0 aliphatic heterocycles. The minimum absolute atomic E-state index is 0.0935. The molecule has 0 aliphatic rings. The molecule has 2 heterocycles. The lowest BCUT2D eigenvalue weighted by Gasteiger charge is -2.20. The van der Waals surface area contributed by atoms with Crippen molar-refractivity contribution in [1.29, 1.82) is 0 Å².